The van der Waals surface area contributed by atoms with Crippen LogP contribution >= 0.6 is 15.9 Å². The monoisotopic (exact) mass is 239 g/mol. The van der Waals surface area contributed by atoms with Crippen LogP contribution in [0.3, 0.4) is 0 Å². The highest BCUT2D eigenvalue weighted by molar-refractivity contribution is 9.14. The van der Waals surface area contributed by atoms with E-state index < -0.39 is 0 Å². The van der Waals surface area contributed by atoms with E-state index in [-0.39, 0.29) is 5.56 Å². The number of H-pyrrole nitrogens is 1. The first-order chi connectivity index (χ1) is 6.18. The molecule has 0 radical (unpaired) electrons. The summed E-state index contributed by atoms with van der Waals surface area (Å²) < 4.78 is 1.18. The summed E-state index contributed by atoms with van der Waals surface area (Å²) in [6, 6.07) is 1.94. The lowest BCUT2D eigenvalue weighted by atomic mass is 10.1. The van der Waals surface area contributed by atoms with Gasteiger partial charge in [0.25, 0.3) is 5.56 Å². The van der Waals surface area contributed by atoms with Crippen molar-refractivity contribution in [3.05, 3.63) is 32.6 Å². The Morgan fingerprint density at radius 1 is 1.54 bits per heavy atom. The second-order valence-corrected chi connectivity index (χ2v) is 4.21. The van der Waals surface area contributed by atoms with Crippen molar-refractivity contribution in [3.8, 4) is 0 Å². The van der Waals surface area contributed by atoms with E-state index in [4.69, 9.17) is 0 Å². The van der Waals surface area contributed by atoms with Gasteiger partial charge in [0, 0.05) is 20.6 Å². The number of aromatic amines is 1. The summed E-state index contributed by atoms with van der Waals surface area (Å²) >= 11 is 3.52. The SMILES string of the molecule is Cc1cc2c([nH]c1=O)=CCCC=2Br. The number of rotatable bonds is 0. The Hall–Kier alpha value is -0.830. The molecule has 68 valence electrons. The van der Waals surface area contributed by atoms with Gasteiger partial charge in [0.15, 0.2) is 0 Å². The van der Waals surface area contributed by atoms with Gasteiger partial charge in [0.1, 0.15) is 0 Å². The maximum Gasteiger partial charge on any atom is 0.251 e. The van der Waals surface area contributed by atoms with E-state index in [0.29, 0.717) is 0 Å². The molecule has 3 heteroatoms. The largest absolute Gasteiger partial charge is 0.322 e. The van der Waals surface area contributed by atoms with Crippen LogP contribution in [0.15, 0.2) is 10.9 Å². The molecule has 1 aromatic rings. The molecule has 0 amide bonds. The molecular formula is C10H10BrNO. The van der Waals surface area contributed by atoms with Crippen molar-refractivity contribution >= 4 is 26.5 Å². The normalized spacial score (nSPS) is 15.1. The van der Waals surface area contributed by atoms with Crippen molar-refractivity contribution in [1.29, 1.82) is 0 Å². The predicted molar refractivity (Wildman–Crippen MR) is 57.1 cm³/mol. The first-order valence-electron chi connectivity index (χ1n) is 4.27. The Bertz CT molecular complexity index is 513. The summed E-state index contributed by atoms with van der Waals surface area (Å²) in [5, 5.41) is 2.08. The second kappa shape index (κ2) is 3.14. The Kier molecular flexibility index (Phi) is 2.12. The van der Waals surface area contributed by atoms with Gasteiger partial charge in [0.2, 0.25) is 0 Å². The number of fused-ring (bicyclic) bond motifs is 1. The van der Waals surface area contributed by atoms with Crippen molar-refractivity contribution in [2.24, 2.45) is 0 Å². The molecule has 13 heavy (non-hydrogen) atoms. The molecule has 0 atom stereocenters. The van der Waals surface area contributed by atoms with Crippen molar-refractivity contribution in [3.63, 3.8) is 0 Å². The van der Waals surface area contributed by atoms with Crippen LogP contribution in [0.2, 0.25) is 0 Å². The molecule has 1 aromatic heterocycles. The second-order valence-electron chi connectivity index (χ2n) is 3.26. The van der Waals surface area contributed by atoms with Crippen LogP contribution in [0.5, 0.6) is 0 Å². The highest BCUT2D eigenvalue weighted by Crippen LogP contribution is 2.13. The van der Waals surface area contributed by atoms with Crippen molar-refractivity contribution < 1.29 is 0 Å². The van der Waals surface area contributed by atoms with Crippen molar-refractivity contribution in [1.82, 2.24) is 4.98 Å². The van der Waals surface area contributed by atoms with Gasteiger partial charge in [-0.05, 0) is 25.8 Å². The lowest BCUT2D eigenvalue weighted by Gasteiger charge is -2.04. The number of hydrogen-bond acceptors (Lipinski definition) is 1. The third kappa shape index (κ3) is 1.48. The molecule has 2 nitrogen and oxygen atoms in total. The van der Waals surface area contributed by atoms with Crippen LogP contribution in [0, 0.1) is 6.92 Å². The third-order valence-corrected chi connectivity index (χ3v) is 3.09. The number of hydrogen-bond donors (Lipinski definition) is 1. The Morgan fingerprint density at radius 2 is 2.31 bits per heavy atom. The van der Waals surface area contributed by atoms with Crippen LogP contribution in [0.25, 0.3) is 10.6 Å². The average molecular weight is 240 g/mol. The molecule has 2 rings (SSSR count). The molecule has 0 aromatic carbocycles. The summed E-state index contributed by atoms with van der Waals surface area (Å²) in [7, 11) is 0. The van der Waals surface area contributed by atoms with E-state index >= 15 is 0 Å². The zero-order valence-corrected chi connectivity index (χ0v) is 8.94. The third-order valence-electron chi connectivity index (χ3n) is 2.26. The fourth-order valence-electron chi connectivity index (χ4n) is 1.51. The van der Waals surface area contributed by atoms with E-state index in [0.717, 1.165) is 29.0 Å². The molecular weight excluding hydrogens is 230 g/mol. The zero-order chi connectivity index (χ0) is 9.42. The first kappa shape index (κ1) is 8.75. The maximum atomic E-state index is 11.3. The van der Waals surface area contributed by atoms with E-state index in [1.54, 1.807) is 0 Å². The molecule has 1 heterocycles. The van der Waals surface area contributed by atoms with Crippen LogP contribution in [0.4, 0.5) is 0 Å². The van der Waals surface area contributed by atoms with Gasteiger partial charge in [-0.1, -0.05) is 22.0 Å². The van der Waals surface area contributed by atoms with E-state index in [1.807, 2.05) is 13.0 Å². The van der Waals surface area contributed by atoms with Crippen LogP contribution in [0.1, 0.15) is 18.4 Å². The lowest BCUT2D eigenvalue weighted by Crippen LogP contribution is -2.37. The maximum absolute atomic E-state index is 11.3. The Labute approximate surface area is 84.1 Å². The summed E-state index contributed by atoms with van der Waals surface area (Å²) in [4.78, 5) is 14.2. The fraction of sp³-hybridized carbons (Fsp3) is 0.300. The minimum absolute atomic E-state index is 0.0113. The molecule has 0 unspecified atom stereocenters. The summed E-state index contributed by atoms with van der Waals surface area (Å²) in [5.41, 5.74) is 0.781. The summed E-state index contributed by atoms with van der Waals surface area (Å²) in [6.45, 7) is 1.83. The van der Waals surface area contributed by atoms with Gasteiger partial charge >= 0.3 is 0 Å². The molecule has 0 saturated heterocycles. The van der Waals surface area contributed by atoms with Gasteiger partial charge < -0.3 is 4.98 Å². The minimum Gasteiger partial charge on any atom is -0.322 e. The van der Waals surface area contributed by atoms with Crippen molar-refractivity contribution in [2.75, 3.05) is 0 Å². The molecule has 1 aliphatic rings. The van der Waals surface area contributed by atoms with Gasteiger partial charge in [-0.15, -0.1) is 0 Å². The number of halogens is 1. The Balaban J connectivity index is 2.96. The fourth-order valence-corrected chi connectivity index (χ4v) is 2.07. The number of nitrogens with one attached hydrogen (secondary N) is 1. The smallest absolute Gasteiger partial charge is 0.251 e. The van der Waals surface area contributed by atoms with Crippen LogP contribution in [-0.2, 0) is 0 Å². The molecule has 0 fully saturated rings. The molecule has 1 N–H and O–H groups in total. The number of aromatic nitrogens is 1. The number of pyridine rings is 1. The van der Waals surface area contributed by atoms with Gasteiger partial charge in [-0.25, -0.2) is 0 Å². The lowest BCUT2D eigenvalue weighted by molar-refractivity contribution is 1.04. The van der Waals surface area contributed by atoms with E-state index in [1.165, 1.54) is 4.48 Å². The standard InChI is InChI=1S/C10H10BrNO/c1-6-5-7-8(11)3-2-4-9(7)12-10(6)13/h4-5H,2-3H2,1H3,(H,12,13). The molecule has 0 spiro atoms. The average Bonchev–Trinajstić information content (AvgIpc) is 2.09. The topological polar surface area (TPSA) is 32.9 Å². The quantitative estimate of drug-likeness (QED) is 0.713. The van der Waals surface area contributed by atoms with Crippen molar-refractivity contribution in [2.45, 2.75) is 19.8 Å². The zero-order valence-electron chi connectivity index (χ0n) is 7.36. The number of aryl methyl sites for hydroxylation is 1. The molecule has 0 aliphatic heterocycles. The van der Waals surface area contributed by atoms with Gasteiger partial charge in [-0.3, -0.25) is 4.79 Å². The Morgan fingerprint density at radius 3 is 3.08 bits per heavy atom. The van der Waals surface area contributed by atoms with Crippen LogP contribution < -0.4 is 16.1 Å². The van der Waals surface area contributed by atoms with Crippen LogP contribution in [-0.4, -0.2) is 4.98 Å². The molecule has 0 bridgehead atoms. The predicted octanol–water partition coefficient (Wildman–Crippen LogP) is 0.761. The van der Waals surface area contributed by atoms with E-state index in [2.05, 4.69) is 27.0 Å². The molecule has 0 saturated carbocycles. The van der Waals surface area contributed by atoms with Gasteiger partial charge in [-0.2, -0.15) is 0 Å². The molecule has 1 aliphatic carbocycles. The summed E-state index contributed by atoms with van der Waals surface area (Å²) in [6.07, 6.45) is 4.09. The highest BCUT2D eigenvalue weighted by Gasteiger charge is 2.03. The first-order valence-corrected chi connectivity index (χ1v) is 5.06. The van der Waals surface area contributed by atoms with E-state index in [9.17, 15) is 4.79 Å². The summed E-state index contributed by atoms with van der Waals surface area (Å²) in [5.74, 6) is 0. The highest BCUT2D eigenvalue weighted by atomic mass is 79.9. The minimum atomic E-state index is 0.0113. The van der Waals surface area contributed by atoms with Gasteiger partial charge in [0.05, 0.1) is 0 Å².